The smallest absolute Gasteiger partial charge is 0.149 e. The van der Waals surface area contributed by atoms with Crippen molar-refractivity contribution in [2.75, 3.05) is 0 Å². The monoisotopic (exact) mass is 893 g/mol. The summed E-state index contributed by atoms with van der Waals surface area (Å²) in [5.74, 6) is -2.05. The van der Waals surface area contributed by atoms with Gasteiger partial charge in [-0.15, -0.1) is 0 Å². The second-order valence-electron chi connectivity index (χ2n) is 19.7. The average molecular weight is 893 g/mol. The molecule has 0 saturated carbocycles. The van der Waals surface area contributed by atoms with Gasteiger partial charge in [0.1, 0.15) is 11.6 Å². The standard InChI is InChI=1S/C62H69N3O/c1-37(2)44-30-45(38(3)4)32-46(31-44)42-21-24-55(40(6)29-42)65-56-18-16-17-51(57(56)64-59(65)52-27-39(5)28-53(58(52)66)62(13,14)15)47-33-48(35-50(34-47)61(10,11)12)54-36-43(25-26-63-54)41-19-22-49(23-20-41)60(7,8)9/h16-38,66H,1-15H3/i6D3,7D3,8D3,9D3,19D,20D,22D,23D,25D,26D,36D,37D,38D. The molecule has 0 saturated heterocycles. The average Bonchev–Trinajstić information content (AvgIpc) is 1.07. The number of aromatic hydroxyl groups is 1. The zero-order valence-electron chi connectivity index (χ0n) is 60.4. The normalized spacial score (nSPS) is 18.2. The summed E-state index contributed by atoms with van der Waals surface area (Å²) in [6.45, 7) is 5.81. The molecule has 4 heteroatoms. The Kier molecular flexibility index (Phi) is 6.97. The maximum atomic E-state index is 12.4. The second kappa shape index (κ2) is 17.2. The number of pyridine rings is 1. The van der Waals surface area contributed by atoms with Gasteiger partial charge in [0.05, 0.1) is 37.6 Å². The highest BCUT2D eigenvalue weighted by atomic mass is 16.3. The van der Waals surface area contributed by atoms with Crippen molar-refractivity contribution >= 4 is 11.0 Å². The fourth-order valence-electron chi connectivity index (χ4n) is 8.12. The van der Waals surface area contributed by atoms with Crippen LogP contribution in [0, 0.1) is 13.8 Å². The van der Waals surface area contributed by atoms with Gasteiger partial charge in [0.2, 0.25) is 0 Å². The van der Waals surface area contributed by atoms with Crippen molar-refractivity contribution in [2.24, 2.45) is 0 Å². The fraction of sp³-hybridized carbons (Fsp3) is 0.323. The van der Waals surface area contributed by atoms with Gasteiger partial charge < -0.3 is 5.11 Å². The predicted octanol–water partition coefficient (Wildman–Crippen LogP) is 17.2. The molecular weight excluding hydrogens is 803 g/mol. The van der Waals surface area contributed by atoms with Crippen LogP contribution in [-0.4, -0.2) is 19.6 Å². The van der Waals surface area contributed by atoms with E-state index >= 15 is 0 Å². The highest BCUT2D eigenvalue weighted by Gasteiger charge is 2.27. The lowest BCUT2D eigenvalue weighted by atomic mass is 9.83. The molecule has 0 amide bonds. The van der Waals surface area contributed by atoms with Crippen molar-refractivity contribution < 1.29 is 33.9 Å². The first kappa shape index (κ1) is 26.8. The first-order valence-corrected chi connectivity index (χ1v) is 21.9. The molecule has 66 heavy (non-hydrogen) atoms. The number of hydrogen-bond acceptors (Lipinski definition) is 3. The number of phenols is 1. The maximum absolute atomic E-state index is 12.4. The third kappa shape index (κ3) is 9.12. The Morgan fingerprint density at radius 1 is 0.636 bits per heavy atom. The minimum Gasteiger partial charge on any atom is -0.507 e. The number of fused-ring (bicyclic) bond motifs is 1. The van der Waals surface area contributed by atoms with E-state index in [1.165, 1.54) is 0 Å². The Hall–Kier alpha value is -6.26. The van der Waals surface area contributed by atoms with Crippen LogP contribution in [0.2, 0.25) is 0 Å². The molecule has 338 valence electrons. The second-order valence-corrected chi connectivity index (χ2v) is 19.7. The lowest BCUT2D eigenvalue weighted by molar-refractivity contribution is 0.448. The molecule has 0 aliphatic carbocycles. The minimum atomic E-state index is -3.96. The third-order valence-corrected chi connectivity index (χ3v) is 11.9. The van der Waals surface area contributed by atoms with Crippen LogP contribution < -0.4 is 0 Å². The summed E-state index contributed by atoms with van der Waals surface area (Å²) in [4.78, 5) is 9.70. The van der Waals surface area contributed by atoms with Crippen molar-refractivity contribution in [1.82, 2.24) is 14.5 Å². The first-order valence-electron chi connectivity index (χ1n) is 32.4. The Morgan fingerprint density at radius 3 is 1.97 bits per heavy atom. The number of para-hydroxylation sites is 1. The Balaban J connectivity index is 1.45. The molecular formula is C62H69N3O. The molecule has 8 aromatic rings. The highest BCUT2D eigenvalue weighted by Crippen LogP contribution is 2.44. The number of hydrogen-bond donors (Lipinski definition) is 1. The summed E-state index contributed by atoms with van der Waals surface area (Å²) in [5, 5.41) is 12.4. The molecule has 0 aliphatic heterocycles. The molecule has 0 radical (unpaired) electrons. The summed E-state index contributed by atoms with van der Waals surface area (Å²) >= 11 is 0. The van der Waals surface area contributed by atoms with Crippen LogP contribution in [0.1, 0.15) is 169 Å². The van der Waals surface area contributed by atoms with Gasteiger partial charge in [-0.1, -0.05) is 162 Å². The van der Waals surface area contributed by atoms with Crippen LogP contribution in [-0.2, 0) is 16.2 Å². The van der Waals surface area contributed by atoms with Gasteiger partial charge in [-0.25, -0.2) is 4.98 Å². The molecule has 1 N–H and O–H groups in total. The van der Waals surface area contributed by atoms with E-state index < -0.39 is 115 Å². The Labute approximate surface area is 424 Å². The number of benzene rings is 6. The molecule has 0 atom stereocenters. The molecule has 0 fully saturated rings. The van der Waals surface area contributed by atoms with Crippen molar-refractivity contribution in [1.29, 1.82) is 0 Å². The molecule has 0 bridgehead atoms. The van der Waals surface area contributed by atoms with E-state index in [9.17, 15) is 9.22 Å². The number of aryl methyl sites for hydroxylation is 2. The van der Waals surface area contributed by atoms with Gasteiger partial charge in [-0.05, 0) is 151 Å². The van der Waals surface area contributed by atoms with Gasteiger partial charge in [0.25, 0.3) is 0 Å². The molecule has 6 aromatic carbocycles. The zero-order chi connectivity index (χ0) is 65.6. The van der Waals surface area contributed by atoms with E-state index in [4.69, 9.17) is 29.7 Å². The quantitative estimate of drug-likeness (QED) is 0.165. The Morgan fingerprint density at radius 2 is 1.33 bits per heavy atom. The lowest BCUT2D eigenvalue weighted by Gasteiger charge is -2.23. The number of aromatic nitrogens is 3. The van der Waals surface area contributed by atoms with Gasteiger partial charge >= 0.3 is 0 Å². The summed E-state index contributed by atoms with van der Waals surface area (Å²) in [5.41, 5.74) is -1.78. The van der Waals surface area contributed by atoms with Crippen molar-refractivity contribution in [3.63, 3.8) is 0 Å². The van der Waals surface area contributed by atoms with Crippen LogP contribution in [0.5, 0.6) is 5.75 Å². The van der Waals surface area contributed by atoms with Crippen LogP contribution in [0.25, 0.3) is 72.7 Å². The van der Waals surface area contributed by atoms with Crippen molar-refractivity contribution in [3.05, 3.63) is 166 Å². The lowest BCUT2D eigenvalue weighted by Crippen LogP contribution is -2.12. The molecule has 8 rings (SSSR count). The van der Waals surface area contributed by atoms with Crippen molar-refractivity contribution in [2.45, 2.75) is 132 Å². The zero-order valence-corrected chi connectivity index (χ0v) is 39.4. The van der Waals surface area contributed by atoms with Crippen LogP contribution in [0.3, 0.4) is 0 Å². The summed E-state index contributed by atoms with van der Waals surface area (Å²) < 4.78 is 186. The number of phenolic OH excluding ortho intramolecular Hbond substituents is 1. The van der Waals surface area contributed by atoms with Crippen molar-refractivity contribution in [3.8, 4) is 67.5 Å². The molecule has 2 heterocycles. The van der Waals surface area contributed by atoms with Gasteiger partial charge in [0.15, 0.2) is 0 Å². The number of imidazole rings is 1. The van der Waals surface area contributed by atoms with E-state index in [1.807, 2.05) is 78.8 Å². The highest BCUT2D eigenvalue weighted by molar-refractivity contribution is 5.97. The topological polar surface area (TPSA) is 50.9 Å². The number of rotatable bonds is 8. The molecule has 0 unspecified atom stereocenters. The molecule has 0 aliphatic rings. The SMILES string of the molecule is [2H]c1nc(-c2cc(-c3cccc4c3nc(-c3cc(C)cc(C(C)(C)C)c3O)n4-c3ccc(-c4cc(C([2H])(C)C)cc(C([2H])(C)C)c4)cc3C([2H])([2H])[2H])cc(C(C)(C)C)c2)c([2H])c(-c2c([2H])c([2H])c(C(C([2H])([2H])[2H])(C([2H])([2H])[2H])C([2H])([2H])[2H])c([2H])c2[2H])c1[2H]. The van der Waals surface area contributed by atoms with E-state index in [0.29, 0.717) is 55.5 Å². The summed E-state index contributed by atoms with van der Waals surface area (Å²) in [7, 11) is 0. The van der Waals surface area contributed by atoms with E-state index in [1.54, 1.807) is 86.9 Å². The van der Waals surface area contributed by atoms with Gasteiger partial charge in [-0.2, -0.15) is 0 Å². The van der Waals surface area contributed by atoms with Gasteiger partial charge in [-0.3, -0.25) is 9.55 Å². The molecule has 2 aromatic heterocycles. The summed E-state index contributed by atoms with van der Waals surface area (Å²) in [6, 6.07) is 18.1. The largest absolute Gasteiger partial charge is 0.507 e. The van der Waals surface area contributed by atoms with E-state index in [-0.39, 0.29) is 39.6 Å². The molecule has 4 nitrogen and oxygen atoms in total. The predicted molar refractivity (Wildman–Crippen MR) is 281 cm³/mol. The molecule has 0 spiro atoms. The van der Waals surface area contributed by atoms with Crippen LogP contribution in [0.15, 0.2) is 127 Å². The van der Waals surface area contributed by atoms with E-state index in [0.717, 1.165) is 5.56 Å². The van der Waals surface area contributed by atoms with Gasteiger partial charge in [0, 0.05) is 42.1 Å². The minimum absolute atomic E-state index is 0.0789. The summed E-state index contributed by atoms with van der Waals surface area (Å²) in [6.07, 6.45) is -0.788. The van der Waals surface area contributed by atoms with Crippen LogP contribution >= 0.6 is 0 Å². The van der Waals surface area contributed by atoms with Crippen LogP contribution in [0.4, 0.5) is 0 Å². The number of nitrogens with zero attached hydrogens (tertiary/aromatic N) is 3. The first-order chi connectivity index (χ1) is 39.5. The third-order valence-electron chi connectivity index (χ3n) is 11.9. The van der Waals surface area contributed by atoms with E-state index in [2.05, 4.69) is 4.98 Å². The Bertz CT molecular complexity index is 3990. The maximum Gasteiger partial charge on any atom is 0.149 e. The fourth-order valence-corrected chi connectivity index (χ4v) is 8.12.